The molecule has 0 radical (unpaired) electrons. The van der Waals surface area contributed by atoms with E-state index in [2.05, 4.69) is 5.32 Å². The van der Waals surface area contributed by atoms with E-state index in [0.717, 1.165) is 16.7 Å². The summed E-state index contributed by atoms with van der Waals surface area (Å²) in [5, 5.41) is 13.1. The normalized spacial score (nSPS) is 16.8. The van der Waals surface area contributed by atoms with Crippen molar-refractivity contribution in [3.8, 4) is 6.07 Å². The molecule has 0 bridgehead atoms. The lowest BCUT2D eigenvalue weighted by molar-refractivity contribution is -0.117. The largest absolute Gasteiger partial charge is 0.321 e. The molecule has 4 rings (SSSR count). The number of hydrogen-bond donors (Lipinski definition) is 1. The zero-order chi connectivity index (χ0) is 24.2. The summed E-state index contributed by atoms with van der Waals surface area (Å²) >= 11 is 7.57. The van der Waals surface area contributed by atoms with Crippen molar-refractivity contribution >= 4 is 46.6 Å². The molecule has 34 heavy (non-hydrogen) atoms. The lowest BCUT2D eigenvalue weighted by Gasteiger charge is -2.20. The Balaban J connectivity index is 1.75. The van der Waals surface area contributed by atoms with E-state index in [-0.39, 0.29) is 11.5 Å². The summed E-state index contributed by atoms with van der Waals surface area (Å²) in [5.74, 6) is -0.747. The predicted octanol–water partition coefficient (Wildman–Crippen LogP) is 6.02. The van der Waals surface area contributed by atoms with Crippen molar-refractivity contribution in [1.82, 2.24) is 0 Å². The van der Waals surface area contributed by atoms with E-state index in [0.29, 0.717) is 27.8 Å². The third-order valence-electron chi connectivity index (χ3n) is 5.53. The maximum atomic E-state index is 13.6. The van der Waals surface area contributed by atoms with Crippen LogP contribution in [-0.2, 0) is 16.0 Å². The molecule has 1 aliphatic rings. The van der Waals surface area contributed by atoms with Crippen LogP contribution in [0.15, 0.2) is 83.4 Å². The minimum absolute atomic E-state index is 0.108. The van der Waals surface area contributed by atoms with Crippen LogP contribution < -0.4 is 10.2 Å². The van der Waals surface area contributed by atoms with E-state index in [1.807, 2.05) is 74.5 Å². The maximum Gasteiger partial charge on any atom is 0.269 e. The Labute approximate surface area is 208 Å². The van der Waals surface area contributed by atoms with Crippen LogP contribution in [0.25, 0.3) is 0 Å². The molecule has 0 saturated carbocycles. The summed E-state index contributed by atoms with van der Waals surface area (Å²) in [6.07, 6.45) is 0.382. The molecular formula is C27H22ClN3O2S. The number of amides is 2. The van der Waals surface area contributed by atoms with Crippen molar-refractivity contribution in [2.75, 3.05) is 10.2 Å². The summed E-state index contributed by atoms with van der Waals surface area (Å²) in [6.45, 7) is 3.85. The molecule has 2 amide bonds. The zero-order valence-electron chi connectivity index (χ0n) is 18.7. The minimum atomic E-state index is -0.557. The molecule has 7 heteroatoms. The number of aryl methyl sites for hydroxylation is 2. The van der Waals surface area contributed by atoms with E-state index in [9.17, 15) is 14.9 Å². The number of nitrogens with zero attached hydrogens (tertiary/aromatic N) is 2. The Bertz CT molecular complexity index is 1330. The van der Waals surface area contributed by atoms with Crippen molar-refractivity contribution in [3.05, 3.63) is 105 Å². The summed E-state index contributed by atoms with van der Waals surface area (Å²) in [5.41, 5.74) is 3.87. The summed E-state index contributed by atoms with van der Waals surface area (Å²) in [4.78, 5) is 28.2. The first-order valence-electron chi connectivity index (χ1n) is 10.7. The molecule has 1 fully saturated rings. The molecule has 1 atom stereocenters. The van der Waals surface area contributed by atoms with Gasteiger partial charge in [-0.1, -0.05) is 77.5 Å². The van der Waals surface area contributed by atoms with E-state index >= 15 is 0 Å². The van der Waals surface area contributed by atoms with Gasteiger partial charge in [0, 0.05) is 10.7 Å². The average molecular weight is 488 g/mol. The van der Waals surface area contributed by atoms with Gasteiger partial charge >= 0.3 is 0 Å². The van der Waals surface area contributed by atoms with Gasteiger partial charge < -0.3 is 5.32 Å². The maximum absolute atomic E-state index is 13.6. The summed E-state index contributed by atoms with van der Waals surface area (Å²) < 4.78 is 0. The summed E-state index contributed by atoms with van der Waals surface area (Å²) in [6, 6.07) is 24.1. The first kappa shape index (κ1) is 23.6. The number of thioether (sulfide) groups is 1. The van der Waals surface area contributed by atoms with Crippen molar-refractivity contribution in [2.24, 2.45) is 0 Å². The molecule has 0 spiro atoms. The highest BCUT2D eigenvalue weighted by molar-refractivity contribution is 8.05. The smallest absolute Gasteiger partial charge is 0.269 e. The van der Waals surface area contributed by atoms with Gasteiger partial charge in [-0.15, -0.1) is 0 Å². The molecule has 5 nitrogen and oxygen atoms in total. The Morgan fingerprint density at radius 2 is 1.74 bits per heavy atom. The van der Waals surface area contributed by atoms with E-state index in [1.54, 1.807) is 18.2 Å². The number of carbonyl (C=O) groups excluding carboxylic acids is 2. The van der Waals surface area contributed by atoms with Gasteiger partial charge in [-0.05, 0) is 55.7 Å². The number of benzene rings is 3. The quantitative estimate of drug-likeness (QED) is 0.352. The second kappa shape index (κ2) is 10.2. The minimum Gasteiger partial charge on any atom is -0.321 e. The zero-order valence-corrected chi connectivity index (χ0v) is 20.3. The van der Waals surface area contributed by atoms with Crippen LogP contribution in [0.2, 0.25) is 5.02 Å². The van der Waals surface area contributed by atoms with Crippen LogP contribution >= 0.6 is 23.4 Å². The molecule has 1 N–H and O–H groups in total. The molecule has 1 unspecified atom stereocenters. The van der Waals surface area contributed by atoms with Gasteiger partial charge in [-0.3, -0.25) is 14.5 Å². The number of nitrogens with one attached hydrogen (secondary N) is 1. The molecule has 1 heterocycles. The van der Waals surface area contributed by atoms with Gasteiger partial charge in [0.05, 0.1) is 10.9 Å². The number of anilines is 2. The molecule has 170 valence electrons. The highest BCUT2D eigenvalue weighted by Gasteiger charge is 2.41. The number of rotatable bonds is 5. The van der Waals surface area contributed by atoms with Crippen LogP contribution in [0.4, 0.5) is 11.4 Å². The van der Waals surface area contributed by atoms with Crippen molar-refractivity contribution in [1.29, 1.82) is 5.26 Å². The number of carbonyl (C=O) groups is 2. The Kier molecular flexibility index (Phi) is 7.06. The Hall–Kier alpha value is -3.53. The van der Waals surface area contributed by atoms with Crippen molar-refractivity contribution in [3.63, 3.8) is 0 Å². The Morgan fingerprint density at radius 1 is 1.06 bits per heavy atom. The first-order valence-corrected chi connectivity index (χ1v) is 12.0. The monoisotopic (exact) mass is 487 g/mol. The standard InChI is InChI=1S/C27H22ClN3O2S/c1-17-11-13-20(14-12-17)30-25(32)21(16-29)27-31(23-10-6-3-7-18(23)2)26(33)24(34-27)15-19-8-4-5-9-22(19)28/h3-14,24H,15H2,1-2H3,(H,30,32)/b27-21-. The molecule has 1 aliphatic heterocycles. The lowest BCUT2D eigenvalue weighted by atomic mass is 10.1. The van der Waals surface area contributed by atoms with Gasteiger partial charge in [0.25, 0.3) is 5.91 Å². The lowest BCUT2D eigenvalue weighted by Crippen LogP contribution is -2.31. The SMILES string of the molecule is Cc1ccc(NC(=O)/C(C#N)=C2\SC(Cc3ccccc3Cl)C(=O)N2c2ccccc2C)cc1. The van der Waals surface area contributed by atoms with Gasteiger partial charge in [0.1, 0.15) is 16.7 Å². The third-order valence-corrected chi connectivity index (χ3v) is 7.17. The van der Waals surface area contributed by atoms with Gasteiger partial charge in [0.2, 0.25) is 5.91 Å². The fraction of sp³-hybridized carbons (Fsp3) is 0.148. The molecular weight excluding hydrogens is 466 g/mol. The first-order chi connectivity index (χ1) is 16.4. The average Bonchev–Trinajstić information content (AvgIpc) is 3.13. The second-order valence-corrected chi connectivity index (χ2v) is 9.57. The highest BCUT2D eigenvalue weighted by atomic mass is 35.5. The Morgan fingerprint density at radius 3 is 2.41 bits per heavy atom. The van der Waals surface area contributed by atoms with Gasteiger partial charge in [-0.2, -0.15) is 5.26 Å². The summed E-state index contributed by atoms with van der Waals surface area (Å²) in [7, 11) is 0. The van der Waals surface area contributed by atoms with Crippen LogP contribution in [0, 0.1) is 25.2 Å². The molecule has 0 aliphatic carbocycles. The number of halogens is 1. The van der Waals surface area contributed by atoms with Crippen LogP contribution in [0.3, 0.4) is 0 Å². The van der Waals surface area contributed by atoms with Crippen LogP contribution in [-0.4, -0.2) is 17.1 Å². The number of para-hydroxylation sites is 1. The van der Waals surface area contributed by atoms with Gasteiger partial charge in [-0.25, -0.2) is 0 Å². The second-order valence-electron chi connectivity index (χ2n) is 7.97. The van der Waals surface area contributed by atoms with Crippen molar-refractivity contribution < 1.29 is 9.59 Å². The van der Waals surface area contributed by atoms with Crippen LogP contribution in [0.1, 0.15) is 16.7 Å². The fourth-order valence-electron chi connectivity index (χ4n) is 3.71. The van der Waals surface area contributed by atoms with Gasteiger partial charge in [0.15, 0.2) is 0 Å². The highest BCUT2D eigenvalue weighted by Crippen LogP contribution is 2.43. The third kappa shape index (κ3) is 4.86. The van der Waals surface area contributed by atoms with E-state index in [1.165, 1.54) is 16.7 Å². The molecule has 3 aromatic rings. The van der Waals surface area contributed by atoms with E-state index in [4.69, 9.17) is 11.6 Å². The van der Waals surface area contributed by atoms with Crippen molar-refractivity contribution in [2.45, 2.75) is 25.5 Å². The topological polar surface area (TPSA) is 73.2 Å². The molecule has 1 saturated heterocycles. The number of nitriles is 1. The van der Waals surface area contributed by atoms with E-state index < -0.39 is 11.2 Å². The predicted molar refractivity (Wildman–Crippen MR) is 138 cm³/mol. The fourth-order valence-corrected chi connectivity index (χ4v) is 5.22. The number of hydrogen-bond acceptors (Lipinski definition) is 4. The van der Waals surface area contributed by atoms with Crippen LogP contribution in [0.5, 0.6) is 0 Å². The molecule has 0 aromatic heterocycles. The molecule has 3 aromatic carbocycles.